The van der Waals surface area contributed by atoms with Crippen molar-refractivity contribution in [3.8, 4) is 0 Å². The van der Waals surface area contributed by atoms with Gasteiger partial charge in [-0.3, -0.25) is 33.6 Å². The number of nitrogens with zero attached hydrogens (tertiary/aromatic N) is 9. The van der Waals surface area contributed by atoms with E-state index in [4.69, 9.17) is 16.3 Å². The molecule has 0 radical (unpaired) electrons. The molecule has 6 aromatic carbocycles. The third-order valence-electron chi connectivity index (χ3n) is 23.9. The summed E-state index contributed by atoms with van der Waals surface area (Å²) in [6.45, 7) is 21.2. The van der Waals surface area contributed by atoms with Crippen molar-refractivity contribution < 1.29 is 47.9 Å². The molecule has 0 aliphatic carbocycles. The Bertz CT molecular complexity index is 4370. The third kappa shape index (κ3) is 19.8. The van der Waals surface area contributed by atoms with Crippen LogP contribution >= 0.6 is 46.9 Å². The number of urea groups is 2. The van der Waals surface area contributed by atoms with Gasteiger partial charge in [0.05, 0.1) is 15.7 Å². The van der Waals surface area contributed by atoms with Crippen LogP contribution in [0, 0.1) is 11.8 Å². The highest BCUT2D eigenvalue weighted by Gasteiger charge is 2.48. The Morgan fingerprint density at radius 2 is 0.868 bits per heavy atom. The summed E-state index contributed by atoms with van der Waals surface area (Å²) in [4.78, 5) is 135. The van der Waals surface area contributed by atoms with Gasteiger partial charge in [-0.05, 0) is 147 Å². The van der Waals surface area contributed by atoms with Gasteiger partial charge in [0, 0.05) is 158 Å². The number of likely N-dealkylation sites (tertiary alicyclic amines) is 3. The number of benzene rings is 6. The highest BCUT2D eigenvalue weighted by molar-refractivity contribution is 8.01. The first-order valence-corrected chi connectivity index (χ1v) is 44.2. The van der Waals surface area contributed by atoms with Crippen LogP contribution in [0.2, 0.25) is 5.02 Å². The Kier molecular flexibility index (Phi) is 28.1. The number of thioether (sulfide) groups is 3. The molecule has 9 heterocycles. The number of hydrogen-bond acceptors (Lipinski definition) is 13. The van der Waals surface area contributed by atoms with Crippen molar-refractivity contribution in [2.75, 3.05) is 94.2 Å². The molecule has 6 aromatic rings. The number of carbonyl (C=O) groups is 9. The summed E-state index contributed by atoms with van der Waals surface area (Å²) in [6, 6.07) is 51.9. The minimum absolute atomic E-state index is 0.00327. The molecule has 9 aliphatic heterocycles. The first kappa shape index (κ1) is 83.4. The fourth-order valence-electron chi connectivity index (χ4n) is 17.3. The molecule has 9 aliphatic rings. The average molecular weight is 1630 g/mol. The van der Waals surface area contributed by atoms with Gasteiger partial charge in [-0.15, -0.1) is 35.3 Å². The molecule has 25 heteroatoms. The molecule has 6 fully saturated rings. The fourth-order valence-corrected chi connectivity index (χ4v) is 21.8. The van der Waals surface area contributed by atoms with E-state index in [1.165, 1.54) is 5.56 Å². The number of nitrogens with one attached hydrogen (secondary N) is 2. The van der Waals surface area contributed by atoms with Gasteiger partial charge in [-0.1, -0.05) is 167 Å². The lowest BCUT2D eigenvalue weighted by Crippen LogP contribution is -2.51. The molecule has 0 aromatic heterocycles. The van der Waals surface area contributed by atoms with Crippen molar-refractivity contribution in [3.63, 3.8) is 0 Å². The standard InChI is InChI=1S/C31H39N3O3S.C29H35ClN4O3S.C29H36N4O4S/c1-22(2)13-17-34-29(37)27(38-30(34)24-9-5-4-6-10-24)21-28(36)32-18-14-31(15-19-32)16-20-33(23(3)35)26-12-8-7-11-25(26)31;1-19(2)11-16-33-27(36)25(38-28(33)20-7-9-22(30)10-8-20)17-26(35)32-14-12-23(13-15-32)34-18-21-5-3-4-6-24(21)31-29(34)37;1-2-37-18-8-15-32-27(35)25(38-28(32)21-9-4-3-5-10-21)19-26(34)31-16-13-23(14-17-31)33-20-22-11-6-7-12-24(22)30-29(33)36/h4-12,22,27,30H,13-21H2,1-3H3;3-10,19,23,25,28H,11-18H2,1-2H3,(H,31,37);3-7,9-12,23,25,28H,2,8,13-20H2,1H3,(H,30,36). The van der Waals surface area contributed by atoms with Crippen molar-refractivity contribution in [1.29, 1.82) is 0 Å². The second-order valence-corrected chi connectivity index (χ2v) is 36.5. The van der Waals surface area contributed by atoms with Crippen LogP contribution in [0.25, 0.3) is 0 Å². The van der Waals surface area contributed by atoms with Crippen LogP contribution < -0.4 is 15.5 Å². The zero-order valence-electron chi connectivity index (χ0n) is 66.6. The number of piperidine rings is 3. The Morgan fingerprint density at radius 3 is 1.30 bits per heavy atom. The van der Waals surface area contributed by atoms with Crippen LogP contribution in [0.4, 0.5) is 26.7 Å². The number of ether oxygens (including phenoxy) is 1. The Labute approximate surface area is 689 Å². The quantitative estimate of drug-likeness (QED) is 0.0606. The number of amides is 11. The normalized spacial score (nSPS) is 22.3. The first-order valence-electron chi connectivity index (χ1n) is 41.0. The van der Waals surface area contributed by atoms with Crippen molar-refractivity contribution in [2.24, 2.45) is 11.8 Å². The van der Waals surface area contributed by atoms with Crippen LogP contribution in [0.5, 0.6) is 0 Å². The zero-order valence-corrected chi connectivity index (χ0v) is 69.8. The summed E-state index contributed by atoms with van der Waals surface area (Å²) >= 11 is 10.9. The van der Waals surface area contributed by atoms with Gasteiger partial charge >= 0.3 is 12.1 Å². The SMILES string of the molecule is CC(=O)N1CCC2(CCN(C(=O)CC3SC(c4ccccc4)N(CCC(C)C)C3=O)CC2)c2ccccc21.CC(C)CCN1C(=O)C(CC(=O)N2CCC(N3Cc4ccccc4NC3=O)CC2)SC1c1ccc(Cl)cc1.CCOCCCN1C(=O)C(CC(=O)N2CCC(N3Cc4ccccc4NC3=O)CC2)SC1c1ccccc1. The second-order valence-electron chi connectivity index (χ2n) is 32.2. The Hall–Kier alpha value is -8.55. The highest BCUT2D eigenvalue weighted by Crippen LogP contribution is 2.50. The van der Waals surface area contributed by atoms with E-state index in [1.807, 2.05) is 184 Å². The summed E-state index contributed by atoms with van der Waals surface area (Å²) in [5.41, 5.74) is 9.48. The Morgan fingerprint density at radius 1 is 0.482 bits per heavy atom. The number of halogens is 1. The zero-order chi connectivity index (χ0) is 80.2. The van der Waals surface area contributed by atoms with Crippen LogP contribution in [-0.2, 0) is 56.8 Å². The van der Waals surface area contributed by atoms with E-state index in [-0.39, 0.29) is 117 Å². The third-order valence-corrected chi connectivity index (χ3v) is 28.6. The van der Waals surface area contributed by atoms with Gasteiger partial charge in [0.25, 0.3) is 0 Å². The molecule has 1 spiro atoms. The number of fused-ring (bicyclic) bond motifs is 4. The Balaban J connectivity index is 0.000000149. The molecule has 0 bridgehead atoms. The number of carbonyl (C=O) groups excluding carboxylic acids is 9. The van der Waals surface area contributed by atoms with Crippen molar-refractivity contribution >= 4 is 117 Å². The highest BCUT2D eigenvalue weighted by atomic mass is 35.5. The molecule has 6 atom stereocenters. The lowest BCUT2D eigenvalue weighted by molar-refractivity contribution is -0.137. The van der Waals surface area contributed by atoms with Gasteiger partial charge in [0.1, 0.15) is 16.1 Å². The number of hydrogen-bond donors (Lipinski definition) is 2. The fraction of sp³-hybridized carbons (Fsp3) is 0.494. The van der Waals surface area contributed by atoms with E-state index in [0.717, 1.165) is 122 Å². The van der Waals surface area contributed by atoms with Crippen LogP contribution in [0.1, 0.15) is 175 Å². The molecule has 6 unspecified atom stereocenters. The predicted octanol–water partition coefficient (Wildman–Crippen LogP) is 15.6. The minimum Gasteiger partial charge on any atom is -0.382 e. The molecule has 2 N–H and O–H groups in total. The number of para-hydroxylation sites is 3. The van der Waals surface area contributed by atoms with Gasteiger partial charge in [0.15, 0.2) is 0 Å². The van der Waals surface area contributed by atoms with E-state index in [2.05, 4.69) is 62.6 Å². The predicted molar refractivity (Wildman–Crippen MR) is 453 cm³/mol. The summed E-state index contributed by atoms with van der Waals surface area (Å²) in [7, 11) is 0. The lowest BCUT2D eigenvalue weighted by Gasteiger charge is -2.47. The van der Waals surface area contributed by atoms with E-state index in [0.29, 0.717) is 95.5 Å². The molecular formula is C89H110ClN11O10S3. The maximum absolute atomic E-state index is 13.5. The first-order chi connectivity index (χ1) is 55.1. The number of anilines is 3. The van der Waals surface area contributed by atoms with E-state index in [1.54, 1.807) is 42.2 Å². The monoisotopic (exact) mass is 1620 g/mol. The molecule has 114 heavy (non-hydrogen) atoms. The maximum atomic E-state index is 13.5. The molecule has 606 valence electrons. The molecule has 0 saturated carbocycles. The smallest absolute Gasteiger partial charge is 0.322 e. The molecular weight excluding hydrogens is 1510 g/mol. The summed E-state index contributed by atoms with van der Waals surface area (Å²) in [5, 5.41) is 5.30. The lowest BCUT2D eigenvalue weighted by atomic mass is 9.68. The van der Waals surface area contributed by atoms with Crippen molar-refractivity contribution in [3.05, 3.63) is 196 Å². The van der Waals surface area contributed by atoms with Gasteiger partial charge < -0.3 is 59.5 Å². The molecule has 11 amide bonds. The molecule has 21 nitrogen and oxygen atoms in total. The largest absolute Gasteiger partial charge is 0.382 e. The van der Waals surface area contributed by atoms with Crippen LogP contribution in [0.15, 0.2) is 158 Å². The second kappa shape index (κ2) is 38.5. The summed E-state index contributed by atoms with van der Waals surface area (Å²) in [6.07, 6.45) is 8.96. The maximum Gasteiger partial charge on any atom is 0.322 e. The van der Waals surface area contributed by atoms with Gasteiger partial charge in [-0.2, -0.15) is 0 Å². The summed E-state index contributed by atoms with van der Waals surface area (Å²) < 4.78 is 5.48. The number of rotatable bonds is 22. The molecule has 6 saturated heterocycles. The topological polar surface area (TPSA) is 216 Å². The van der Waals surface area contributed by atoms with E-state index in [9.17, 15) is 43.2 Å². The van der Waals surface area contributed by atoms with Crippen molar-refractivity contribution in [2.45, 2.75) is 187 Å². The van der Waals surface area contributed by atoms with Crippen LogP contribution in [-0.4, -0.2) is 199 Å². The van der Waals surface area contributed by atoms with Gasteiger partial charge in [-0.25, -0.2) is 9.59 Å². The average Bonchev–Trinajstić information content (AvgIpc) is 1.21. The van der Waals surface area contributed by atoms with E-state index >= 15 is 0 Å². The van der Waals surface area contributed by atoms with Crippen LogP contribution in [0.3, 0.4) is 0 Å². The minimum atomic E-state index is -0.391. The summed E-state index contributed by atoms with van der Waals surface area (Å²) in [5.74, 6) is 1.36. The molecule has 15 rings (SSSR count). The van der Waals surface area contributed by atoms with Gasteiger partial charge in [0.2, 0.25) is 41.4 Å². The van der Waals surface area contributed by atoms with Crippen molar-refractivity contribution in [1.82, 2.24) is 39.2 Å². The van der Waals surface area contributed by atoms with E-state index < -0.39 is 5.25 Å².